The van der Waals surface area contributed by atoms with E-state index in [1.807, 2.05) is 0 Å². The fourth-order valence-corrected chi connectivity index (χ4v) is 2.96. The number of carbonyl (C=O) groups is 2. The van der Waals surface area contributed by atoms with E-state index in [2.05, 4.69) is 0 Å². The van der Waals surface area contributed by atoms with E-state index in [1.165, 1.54) is 11.3 Å². The quantitative estimate of drug-likeness (QED) is 0.891. The number of carbonyl (C=O) groups excluding carboxylic acids is 2. The third-order valence-corrected chi connectivity index (χ3v) is 4.19. The molecule has 6 heteroatoms. The zero-order valence-corrected chi connectivity index (χ0v) is 10.8. The first-order valence-electron chi connectivity index (χ1n) is 5.42. The first-order chi connectivity index (χ1) is 8.08. The number of rotatable bonds is 2. The Labute approximate surface area is 108 Å². The molecule has 1 aliphatic heterocycles. The van der Waals surface area contributed by atoms with Crippen LogP contribution in [0.2, 0.25) is 4.34 Å². The lowest BCUT2D eigenvalue weighted by Gasteiger charge is -2.30. The molecule has 4 nitrogen and oxygen atoms in total. The van der Waals surface area contributed by atoms with Crippen LogP contribution in [0, 0.1) is 5.92 Å². The van der Waals surface area contributed by atoms with Crippen LogP contribution < -0.4 is 5.73 Å². The Balaban J connectivity index is 1.97. The summed E-state index contributed by atoms with van der Waals surface area (Å²) in [6, 6.07) is 3.45. The maximum absolute atomic E-state index is 12.1. The zero-order valence-electron chi connectivity index (χ0n) is 9.19. The molecule has 1 fully saturated rings. The van der Waals surface area contributed by atoms with E-state index in [-0.39, 0.29) is 17.7 Å². The summed E-state index contributed by atoms with van der Waals surface area (Å²) < 4.78 is 0.611. The Kier molecular flexibility index (Phi) is 3.69. The normalized spacial score (nSPS) is 17.1. The monoisotopic (exact) mass is 272 g/mol. The maximum Gasteiger partial charge on any atom is 0.263 e. The molecule has 2 N–H and O–H groups in total. The van der Waals surface area contributed by atoms with Gasteiger partial charge in [0.2, 0.25) is 5.91 Å². The van der Waals surface area contributed by atoms with Crippen molar-refractivity contribution in [2.45, 2.75) is 12.8 Å². The van der Waals surface area contributed by atoms with Crippen LogP contribution in [0.15, 0.2) is 12.1 Å². The average molecular weight is 273 g/mol. The topological polar surface area (TPSA) is 63.4 Å². The molecule has 2 amide bonds. The molecule has 0 aromatic carbocycles. The number of piperidine rings is 1. The summed E-state index contributed by atoms with van der Waals surface area (Å²) in [5, 5.41) is 0. The van der Waals surface area contributed by atoms with E-state index in [0.29, 0.717) is 35.1 Å². The molecular weight excluding hydrogens is 260 g/mol. The molecule has 1 saturated heterocycles. The van der Waals surface area contributed by atoms with Gasteiger partial charge in [-0.05, 0) is 25.0 Å². The van der Waals surface area contributed by atoms with Crippen molar-refractivity contribution in [1.82, 2.24) is 4.90 Å². The van der Waals surface area contributed by atoms with Crippen molar-refractivity contribution in [1.29, 1.82) is 0 Å². The maximum atomic E-state index is 12.1. The summed E-state index contributed by atoms with van der Waals surface area (Å²) in [5.41, 5.74) is 5.25. The lowest BCUT2D eigenvalue weighted by molar-refractivity contribution is -0.123. The van der Waals surface area contributed by atoms with E-state index >= 15 is 0 Å². The summed E-state index contributed by atoms with van der Waals surface area (Å²) >= 11 is 7.07. The van der Waals surface area contributed by atoms with Crippen molar-refractivity contribution in [2.75, 3.05) is 13.1 Å². The second kappa shape index (κ2) is 5.06. The first kappa shape index (κ1) is 12.4. The summed E-state index contributed by atoms with van der Waals surface area (Å²) in [7, 11) is 0. The van der Waals surface area contributed by atoms with Crippen molar-refractivity contribution in [3.05, 3.63) is 21.3 Å². The Morgan fingerprint density at radius 1 is 1.35 bits per heavy atom. The third-order valence-electron chi connectivity index (χ3n) is 2.97. The van der Waals surface area contributed by atoms with E-state index in [9.17, 15) is 9.59 Å². The van der Waals surface area contributed by atoms with E-state index in [4.69, 9.17) is 17.3 Å². The number of likely N-dealkylation sites (tertiary alicyclic amines) is 1. The van der Waals surface area contributed by atoms with Gasteiger partial charge < -0.3 is 10.6 Å². The average Bonchev–Trinajstić information content (AvgIpc) is 2.75. The molecule has 0 radical (unpaired) electrons. The van der Waals surface area contributed by atoms with Gasteiger partial charge in [0, 0.05) is 19.0 Å². The summed E-state index contributed by atoms with van der Waals surface area (Å²) in [6.07, 6.45) is 1.31. The molecule has 0 atom stereocenters. The van der Waals surface area contributed by atoms with Gasteiger partial charge in [-0.25, -0.2) is 0 Å². The molecule has 92 valence electrons. The number of primary amides is 1. The molecule has 1 aromatic rings. The Morgan fingerprint density at radius 3 is 2.47 bits per heavy atom. The summed E-state index contributed by atoms with van der Waals surface area (Å²) in [4.78, 5) is 25.5. The molecular formula is C11H13ClN2O2S. The third kappa shape index (κ3) is 2.79. The van der Waals surface area contributed by atoms with Crippen LogP contribution in [0.25, 0.3) is 0 Å². The fraction of sp³-hybridized carbons (Fsp3) is 0.455. The lowest BCUT2D eigenvalue weighted by atomic mass is 9.96. The van der Waals surface area contributed by atoms with Gasteiger partial charge in [-0.15, -0.1) is 11.3 Å². The molecule has 1 aromatic heterocycles. The molecule has 2 rings (SSSR count). The molecule has 0 unspecified atom stereocenters. The van der Waals surface area contributed by atoms with E-state index in [1.54, 1.807) is 17.0 Å². The van der Waals surface area contributed by atoms with Gasteiger partial charge in [0.05, 0.1) is 9.21 Å². The number of hydrogen-bond acceptors (Lipinski definition) is 3. The molecule has 17 heavy (non-hydrogen) atoms. The first-order valence-corrected chi connectivity index (χ1v) is 6.61. The Hall–Kier alpha value is -1.07. The standard InChI is InChI=1S/C11H13ClN2O2S/c12-9-2-1-8(17-9)11(16)14-5-3-7(4-6-14)10(13)15/h1-2,7H,3-6H2,(H2,13,15). The SMILES string of the molecule is NC(=O)C1CCN(C(=O)c2ccc(Cl)s2)CC1. The molecule has 0 saturated carbocycles. The fourth-order valence-electron chi connectivity index (χ4n) is 1.95. The molecule has 0 spiro atoms. The highest BCUT2D eigenvalue weighted by Crippen LogP contribution is 2.25. The van der Waals surface area contributed by atoms with Crippen LogP contribution in [0.4, 0.5) is 0 Å². The van der Waals surface area contributed by atoms with Crippen LogP contribution in [-0.4, -0.2) is 29.8 Å². The molecule has 2 heterocycles. The highest BCUT2D eigenvalue weighted by Gasteiger charge is 2.26. The van der Waals surface area contributed by atoms with Crippen LogP contribution in [-0.2, 0) is 4.79 Å². The van der Waals surface area contributed by atoms with Crippen molar-refractivity contribution in [2.24, 2.45) is 11.7 Å². The highest BCUT2D eigenvalue weighted by molar-refractivity contribution is 7.17. The van der Waals surface area contributed by atoms with Crippen molar-refractivity contribution < 1.29 is 9.59 Å². The van der Waals surface area contributed by atoms with Gasteiger partial charge in [0.25, 0.3) is 5.91 Å². The van der Waals surface area contributed by atoms with Gasteiger partial charge in [0.15, 0.2) is 0 Å². The largest absolute Gasteiger partial charge is 0.369 e. The van der Waals surface area contributed by atoms with Crippen LogP contribution in [0.5, 0.6) is 0 Å². The zero-order chi connectivity index (χ0) is 12.4. The lowest BCUT2D eigenvalue weighted by Crippen LogP contribution is -2.41. The number of amides is 2. The second-order valence-corrected chi connectivity index (χ2v) is 5.79. The Morgan fingerprint density at radius 2 is 2.00 bits per heavy atom. The minimum Gasteiger partial charge on any atom is -0.369 e. The predicted octanol–water partition coefficient (Wildman–Crippen LogP) is 1.74. The number of halogens is 1. The number of hydrogen-bond donors (Lipinski definition) is 1. The van der Waals surface area contributed by atoms with Crippen LogP contribution in [0.3, 0.4) is 0 Å². The summed E-state index contributed by atoms with van der Waals surface area (Å²) in [6.45, 7) is 1.17. The smallest absolute Gasteiger partial charge is 0.263 e. The number of nitrogens with zero attached hydrogens (tertiary/aromatic N) is 1. The second-order valence-electron chi connectivity index (χ2n) is 4.07. The number of nitrogens with two attached hydrogens (primary N) is 1. The van der Waals surface area contributed by atoms with Crippen molar-refractivity contribution in [3.8, 4) is 0 Å². The van der Waals surface area contributed by atoms with Gasteiger partial charge in [-0.2, -0.15) is 0 Å². The molecule has 0 aliphatic carbocycles. The predicted molar refractivity (Wildman–Crippen MR) is 67.2 cm³/mol. The molecule has 0 bridgehead atoms. The van der Waals surface area contributed by atoms with Crippen LogP contribution in [0.1, 0.15) is 22.5 Å². The van der Waals surface area contributed by atoms with Crippen molar-refractivity contribution in [3.63, 3.8) is 0 Å². The van der Waals surface area contributed by atoms with Gasteiger partial charge >= 0.3 is 0 Å². The number of thiophene rings is 1. The van der Waals surface area contributed by atoms with Crippen molar-refractivity contribution >= 4 is 34.8 Å². The summed E-state index contributed by atoms with van der Waals surface area (Å²) in [5.74, 6) is -0.368. The van der Waals surface area contributed by atoms with E-state index in [0.717, 1.165) is 0 Å². The van der Waals surface area contributed by atoms with Gasteiger partial charge in [-0.3, -0.25) is 9.59 Å². The Bertz CT molecular complexity index is 438. The molecule has 1 aliphatic rings. The van der Waals surface area contributed by atoms with Gasteiger partial charge in [0.1, 0.15) is 0 Å². The van der Waals surface area contributed by atoms with Gasteiger partial charge in [-0.1, -0.05) is 11.6 Å². The van der Waals surface area contributed by atoms with E-state index < -0.39 is 0 Å². The highest BCUT2D eigenvalue weighted by atomic mass is 35.5. The van der Waals surface area contributed by atoms with Crippen LogP contribution >= 0.6 is 22.9 Å². The minimum absolute atomic E-state index is 0.00943. The minimum atomic E-state index is -0.267.